The highest BCUT2D eigenvalue weighted by Gasteiger charge is 2.20. The standard InChI is InChI=1S/C29H25NO4/c31-27(32)19-17-21-16-18-25(34-24-14-8-3-9-15-24)20-26(21)29(33)30-28(22-10-4-1-5-11-22)23-12-6-2-7-13-23/h1-16,18,20,28H,17,19H2,(H,30,33)(H,31,32). The van der Waals surface area contributed by atoms with Gasteiger partial charge in [0.1, 0.15) is 11.5 Å². The van der Waals surface area contributed by atoms with Crippen molar-refractivity contribution in [2.24, 2.45) is 0 Å². The number of benzene rings is 4. The molecular formula is C29H25NO4. The van der Waals surface area contributed by atoms with Gasteiger partial charge in [0.2, 0.25) is 0 Å². The summed E-state index contributed by atoms with van der Waals surface area (Å²) < 4.78 is 5.93. The van der Waals surface area contributed by atoms with E-state index < -0.39 is 5.97 Å². The van der Waals surface area contributed by atoms with Gasteiger partial charge in [-0.2, -0.15) is 0 Å². The number of carbonyl (C=O) groups excluding carboxylic acids is 1. The molecule has 0 unspecified atom stereocenters. The van der Waals surface area contributed by atoms with Crippen LogP contribution in [0.5, 0.6) is 11.5 Å². The number of rotatable bonds is 9. The van der Waals surface area contributed by atoms with E-state index in [1.807, 2.05) is 91.0 Å². The van der Waals surface area contributed by atoms with E-state index in [4.69, 9.17) is 4.74 Å². The first kappa shape index (κ1) is 22.8. The van der Waals surface area contributed by atoms with Gasteiger partial charge in [-0.25, -0.2) is 0 Å². The molecule has 0 radical (unpaired) electrons. The van der Waals surface area contributed by atoms with Gasteiger partial charge in [-0.3, -0.25) is 9.59 Å². The number of hydrogen-bond acceptors (Lipinski definition) is 3. The first-order valence-corrected chi connectivity index (χ1v) is 11.1. The number of para-hydroxylation sites is 1. The van der Waals surface area contributed by atoms with E-state index >= 15 is 0 Å². The second-order valence-electron chi connectivity index (χ2n) is 7.86. The van der Waals surface area contributed by atoms with Crippen molar-refractivity contribution in [2.75, 3.05) is 0 Å². The monoisotopic (exact) mass is 451 g/mol. The molecule has 0 saturated heterocycles. The number of carboxylic acid groups (broad SMARTS) is 1. The predicted molar refractivity (Wildman–Crippen MR) is 131 cm³/mol. The maximum absolute atomic E-state index is 13.6. The molecule has 0 atom stereocenters. The number of ether oxygens (including phenoxy) is 1. The highest BCUT2D eigenvalue weighted by molar-refractivity contribution is 5.96. The van der Waals surface area contributed by atoms with Crippen LogP contribution in [0.25, 0.3) is 0 Å². The van der Waals surface area contributed by atoms with Gasteiger partial charge in [-0.15, -0.1) is 0 Å². The molecule has 0 spiro atoms. The van der Waals surface area contributed by atoms with Gasteiger partial charge in [0, 0.05) is 12.0 Å². The van der Waals surface area contributed by atoms with Crippen molar-refractivity contribution in [1.82, 2.24) is 5.32 Å². The number of carbonyl (C=O) groups is 2. The van der Waals surface area contributed by atoms with Crippen LogP contribution in [0.15, 0.2) is 109 Å². The van der Waals surface area contributed by atoms with E-state index in [-0.39, 0.29) is 24.8 Å². The van der Waals surface area contributed by atoms with Gasteiger partial charge >= 0.3 is 5.97 Å². The van der Waals surface area contributed by atoms with Gasteiger partial charge < -0.3 is 15.2 Å². The molecule has 4 aromatic carbocycles. The van der Waals surface area contributed by atoms with Crippen LogP contribution in [0.1, 0.15) is 39.5 Å². The number of hydrogen-bond donors (Lipinski definition) is 2. The lowest BCUT2D eigenvalue weighted by molar-refractivity contribution is -0.136. The molecule has 5 heteroatoms. The van der Waals surface area contributed by atoms with Gasteiger partial charge in [-0.1, -0.05) is 84.9 Å². The first-order chi connectivity index (χ1) is 16.6. The fourth-order valence-electron chi connectivity index (χ4n) is 3.77. The number of amides is 1. The predicted octanol–water partition coefficient (Wildman–Crippen LogP) is 6.02. The number of carboxylic acids is 1. The lowest BCUT2D eigenvalue weighted by atomic mass is 9.97. The second kappa shape index (κ2) is 11.0. The Kier molecular flexibility index (Phi) is 7.35. The van der Waals surface area contributed by atoms with Crippen LogP contribution in [0.4, 0.5) is 0 Å². The Bertz CT molecular complexity index is 1200. The first-order valence-electron chi connectivity index (χ1n) is 11.1. The molecule has 5 nitrogen and oxygen atoms in total. The van der Waals surface area contributed by atoms with Crippen molar-refractivity contribution in [3.05, 3.63) is 131 Å². The largest absolute Gasteiger partial charge is 0.481 e. The van der Waals surface area contributed by atoms with E-state index in [9.17, 15) is 14.7 Å². The molecular weight excluding hydrogens is 426 g/mol. The zero-order valence-corrected chi connectivity index (χ0v) is 18.6. The summed E-state index contributed by atoms with van der Waals surface area (Å²) in [7, 11) is 0. The van der Waals surface area contributed by atoms with Crippen LogP contribution >= 0.6 is 0 Å². The molecule has 0 aromatic heterocycles. The summed E-state index contributed by atoms with van der Waals surface area (Å²) in [5.41, 5.74) is 2.95. The number of aliphatic carboxylic acids is 1. The topological polar surface area (TPSA) is 75.6 Å². The van der Waals surface area contributed by atoms with Gasteiger partial charge in [0.05, 0.1) is 6.04 Å². The van der Waals surface area contributed by atoms with Gasteiger partial charge in [-0.05, 0) is 47.4 Å². The highest BCUT2D eigenvalue weighted by atomic mass is 16.5. The molecule has 1 amide bonds. The summed E-state index contributed by atoms with van der Waals surface area (Å²) in [5, 5.41) is 12.3. The maximum Gasteiger partial charge on any atom is 0.303 e. The average Bonchev–Trinajstić information content (AvgIpc) is 2.88. The number of nitrogens with one attached hydrogen (secondary N) is 1. The van der Waals surface area contributed by atoms with E-state index in [1.165, 1.54) is 0 Å². The highest BCUT2D eigenvalue weighted by Crippen LogP contribution is 2.27. The average molecular weight is 452 g/mol. The smallest absolute Gasteiger partial charge is 0.303 e. The van der Waals surface area contributed by atoms with Crippen molar-refractivity contribution in [3.63, 3.8) is 0 Å². The molecule has 0 heterocycles. The molecule has 0 aliphatic carbocycles. The Morgan fingerprint density at radius 2 is 1.29 bits per heavy atom. The van der Waals surface area contributed by atoms with Crippen LogP contribution in [-0.2, 0) is 11.2 Å². The fraction of sp³-hybridized carbons (Fsp3) is 0.103. The Labute approximate surface area is 198 Å². The van der Waals surface area contributed by atoms with Gasteiger partial charge in [0.25, 0.3) is 5.91 Å². The molecule has 4 rings (SSSR count). The normalized spacial score (nSPS) is 10.6. The lowest BCUT2D eigenvalue weighted by Crippen LogP contribution is -2.30. The van der Waals surface area contributed by atoms with Crippen molar-refractivity contribution in [1.29, 1.82) is 0 Å². The van der Waals surface area contributed by atoms with Crippen LogP contribution in [0, 0.1) is 0 Å². The molecule has 2 N–H and O–H groups in total. The summed E-state index contributed by atoms with van der Waals surface area (Å²) in [6.45, 7) is 0. The third-order valence-corrected chi connectivity index (χ3v) is 5.45. The maximum atomic E-state index is 13.6. The Hall–Kier alpha value is -4.38. The van der Waals surface area contributed by atoms with E-state index in [0.29, 0.717) is 22.6 Å². The molecule has 0 aliphatic heterocycles. The Balaban J connectivity index is 1.67. The zero-order chi connectivity index (χ0) is 23.8. The summed E-state index contributed by atoms with van der Waals surface area (Å²) >= 11 is 0. The molecule has 0 saturated carbocycles. The second-order valence-corrected chi connectivity index (χ2v) is 7.86. The molecule has 170 valence electrons. The summed E-state index contributed by atoms with van der Waals surface area (Å²) in [6.07, 6.45) is 0.172. The molecule has 4 aromatic rings. The molecule has 34 heavy (non-hydrogen) atoms. The molecule has 0 aliphatic rings. The van der Waals surface area contributed by atoms with Gasteiger partial charge in [0.15, 0.2) is 0 Å². The number of aryl methyl sites for hydroxylation is 1. The fourth-order valence-corrected chi connectivity index (χ4v) is 3.77. The third kappa shape index (κ3) is 5.90. The quantitative estimate of drug-likeness (QED) is 0.326. The SMILES string of the molecule is O=C(O)CCc1ccc(Oc2ccccc2)cc1C(=O)NC(c1ccccc1)c1ccccc1. The van der Waals surface area contributed by atoms with Crippen molar-refractivity contribution in [3.8, 4) is 11.5 Å². The van der Waals surface area contributed by atoms with Crippen LogP contribution in [0.2, 0.25) is 0 Å². The van der Waals surface area contributed by atoms with Crippen molar-refractivity contribution in [2.45, 2.75) is 18.9 Å². The van der Waals surface area contributed by atoms with Crippen LogP contribution < -0.4 is 10.1 Å². The minimum absolute atomic E-state index is 0.0695. The Morgan fingerprint density at radius 1 is 0.735 bits per heavy atom. The van der Waals surface area contributed by atoms with Crippen molar-refractivity contribution >= 4 is 11.9 Å². The summed E-state index contributed by atoms with van der Waals surface area (Å²) in [6, 6.07) is 33.6. The summed E-state index contributed by atoms with van der Waals surface area (Å²) in [5.74, 6) is -0.0518. The lowest BCUT2D eigenvalue weighted by Gasteiger charge is -2.21. The van der Waals surface area contributed by atoms with Crippen LogP contribution in [-0.4, -0.2) is 17.0 Å². The summed E-state index contributed by atoms with van der Waals surface area (Å²) in [4.78, 5) is 24.7. The Morgan fingerprint density at radius 3 is 1.85 bits per heavy atom. The van der Waals surface area contributed by atoms with E-state index in [1.54, 1.807) is 18.2 Å². The van der Waals surface area contributed by atoms with Crippen LogP contribution in [0.3, 0.4) is 0 Å². The van der Waals surface area contributed by atoms with E-state index in [2.05, 4.69) is 5.32 Å². The van der Waals surface area contributed by atoms with E-state index in [0.717, 1.165) is 11.1 Å². The minimum Gasteiger partial charge on any atom is -0.481 e. The molecule has 0 bridgehead atoms. The van der Waals surface area contributed by atoms with Crippen molar-refractivity contribution < 1.29 is 19.4 Å². The zero-order valence-electron chi connectivity index (χ0n) is 18.6. The minimum atomic E-state index is -0.914. The molecule has 0 fully saturated rings. The third-order valence-electron chi connectivity index (χ3n) is 5.45.